The number of aldehydes is 1. The van der Waals surface area contributed by atoms with Crippen LogP contribution in [-0.2, 0) is 0 Å². The number of benzene rings is 2. The third-order valence-corrected chi connectivity index (χ3v) is 4.36. The lowest BCUT2D eigenvalue weighted by Gasteiger charge is -2.22. The van der Waals surface area contributed by atoms with Crippen molar-refractivity contribution in [2.75, 3.05) is 4.67 Å². The van der Waals surface area contributed by atoms with Crippen molar-refractivity contribution in [2.24, 2.45) is 5.10 Å². The van der Waals surface area contributed by atoms with Gasteiger partial charge in [0.2, 0.25) is 0 Å². The number of rotatable bonds is 5. The van der Waals surface area contributed by atoms with Crippen LogP contribution in [0, 0.1) is 0 Å². The van der Waals surface area contributed by atoms with Crippen LogP contribution in [0.2, 0.25) is 13.1 Å². The average molecular weight is 282 g/mol. The quantitative estimate of drug-likeness (QED) is 0.365. The van der Waals surface area contributed by atoms with E-state index in [4.69, 9.17) is 0 Å². The molecule has 0 aliphatic heterocycles. The van der Waals surface area contributed by atoms with Crippen molar-refractivity contribution in [1.29, 1.82) is 0 Å². The summed E-state index contributed by atoms with van der Waals surface area (Å²) in [6.07, 6.45) is 2.63. The van der Waals surface area contributed by atoms with Crippen molar-refractivity contribution in [1.82, 2.24) is 0 Å². The van der Waals surface area contributed by atoms with Gasteiger partial charge in [-0.1, -0.05) is 55.6 Å². The molecule has 2 aromatic carbocycles. The van der Waals surface area contributed by atoms with Gasteiger partial charge in [0.1, 0.15) is 0 Å². The van der Waals surface area contributed by atoms with Gasteiger partial charge in [-0.25, -0.2) is 0 Å². The second-order valence-electron chi connectivity index (χ2n) is 4.77. The van der Waals surface area contributed by atoms with Crippen molar-refractivity contribution in [3.63, 3.8) is 0 Å². The Morgan fingerprint density at radius 3 is 2.15 bits per heavy atom. The van der Waals surface area contributed by atoms with Gasteiger partial charge in [0, 0.05) is 16.8 Å². The van der Waals surface area contributed by atoms with Crippen LogP contribution < -0.4 is 4.67 Å². The highest BCUT2D eigenvalue weighted by atomic mass is 28.3. The molecule has 4 heteroatoms. The molecule has 102 valence electrons. The molecule has 0 spiro atoms. The summed E-state index contributed by atoms with van der Waals surface area (Å²) in [6.45, 7) is 4.44. The van der Waals surface area contributed by atoms with Crippen LogP contribution >= 0.6 is 0 Å². The third kappa shape index (κ3) is 3.42. The lowest BCUT2D eigenvalue weighted by molar-refractivity contribution is 0.112. The molecule has 0 N–H and O–H groups in total. The molecule has 0 unspecified atom stereocenters. The highest BCUT2D eigenvalue weighted by molar-refractivity contribution is 6.60. The summed E-state index contributed by atoms with van der Waals surface area (Å²) in [5.41, 5.74) is 2.60. The maximum Gasteiger partial charge on any atom is 0.164 e. The van der Waals surface area contributed by atoms with E-state index >= 15 is 0 Å². The van der Waals surface area contributed by atoms with Gasteiger partial charge >= 0.3 is 0 Å². The number of hydrazone groups is 1. The molecule has 2 aromatic rings. The summed E-state index contributed by atoms with van der Waals surface area (Å²) in [4.78, 5) is 11.0. The molecule has 3 nitrogen and oxygen atoms in total. The molecule has 0 bridgehead atoms. The predicted molar refractivity (Wildman–Crippen MR) is 87.2 cm³/mol. The minimum Gasteiger partial charge on any atom is -0.299 e. The molecule has 0 heterocycles. The Kier molecular flexibility index (Phi) is 4.84. The fourth-order valence-corrected chi connectivity index (χ4v) is 3.04. The van der Waals surface area contributed by atoms with Crippen molar-refractivity contribution < 1.29 is 4.79 Å². The zero-order valence-electron chi connectivity index (χ0n) is 11.7. The number of anilines is 1. The molecule has 0 aromatic heterocycles. The van der Waals surface area contributed by atoms with Crippen LogP contribution in [0.5, 0.6) is 0 Å². The predicted octanol–water partition coefficient (Wildman–Crippen LogP) is 3.32. The minimum absolute atomic E-state index is 0.662. The fraction of sp³-hybridized carbons (Fsp3) is 0.125. The smallest absolute Gasteiger partial charge is 0.164 e. The average Bonchev–Trinajstić information content (AvgIpc) is 2.48. The molecule has 0 saturated heterocycles. The second-order valence-corrected chi connectivity index (χ2v) is 7.44. The van der Waals surface area contributed by atoms with E-state index in [1.807, 2.05) is 36.4 Å². The van der Waals surface area contributed by atoms with Gasteiger partial charge in [-0.15, -0.1) is 0 Å². The van der Waals surface area contributed by atoms with E-state index in [0.717, 1.165) is 17.5 Å². The Hall–Kier alpha value is -2.20. The maximum absolute atomic E-state index is 11.0. The number of hydrogen-bond donors (Lipinski definition) is 0. The van der Waals surface area contributed by atoms with Crippen LogP contribution in [0.4, 0.5) is 5.69 Å². The number of nitrogens with zero attached hydrogens (tertiary/aromatic N) is 2. The van der Waals surface area contributed by atoms with Gasteiger partial charge in [0.15, 0.2) is 15.2 Å². The molecule has 0 radical (unpaired) electrons. The van der Waals surface area contributed by atoms with Crippen LogP contribution in [0.3, 0.4) is 0 Å². The Bertz CT molecular complexity index is 596. The van der Waals surface area contributed by atoms with Gasteiger partial charge in [0.25, 0.3) is 0 Å². The number of para-hydroxylation sites is 1. The minimum atomic E-state index is -1.13. The first-order valence-corrected chi connectivity index (χ1v) is 9.47. The first kappa shape index (κ1) is 14.2. The Labute approximate surface area is 121 Å². The van der Waals surface area contributed by atoms with Crippen molar-refractivity contribution >= 4 is 27.1 Å². The topological polar surface area (TPSA) is 32.7 Å². The maximum atomic E-state index is 11.0. The molecule has 2 rings (SSSR count). The van der Waals surface area contributed by atoms with Crippen LogP contribution in [0.15, 0.2) is 59.7 Å². The van der Waals surface area contributed by atoms with E-state index in [1.165, 1.54) is 0 Å². The number of carbonyl (C=O) groups excluding carboxylic acids is 1. The fourth-order valence-electron chi connectivity index (χ4n) is 1.94. The SMILES string of the molecule is C[SiH](C)N(N=Cc1ccccc1C=O)c1ccccc1. The summed E-state index contributed by atoms with van der Waals surface area (Å²) in [5.74, 6) is 0. The normalized spacial score (nSPS) is 10.9. The largest absolute Gasteiger partial charge is 0.299 e. The van der Waals surface area contributed by atoms with E-state index in [-0.39, 0.29) is 0 Å². The second kappa shape index (κ2) is 6.82. The third-order valence-electron chi connectivity index (χ3n) is 2.95. The van der Waals surface area contributed by atoms with Gasteiger partial charge < -0.3 is 0 Å². The number of hydrogen-bond acceptors (Lipinski definition) is 3. The summed E-state index contributed by atoms with van der Waals surface area (Å²) >= 11 is 0. The van der Waals surface area contributed by atoms with Crippen LogP contribution in [-0.4, -0.2) is 21.5 Å². The lowest BCUT2D eigenvalue weighted by Crippen LogP contribution is -2.29. The zero-order valence-corrected chi connectivity index (χ0v) is 12.9. The molecule has 0 saturated carbocycles. The van der Waals surface area contributed by atoms with E-state index < -0.39 is 8.96 Å². The highest BCUT2D eigenvalue weighted by Gasteiger charge is 2.09. The van der Waals surface area contributed by atoms with Crippen LogP contribution in [0.25, 0.3) is 0 Å². The molecule has 0 amide bonds. The zero-order chi connectivity index (χ0) is 14.4. The Morgan fingerprint density at radius 2 is 1.55 bits per heavy atom. The van der Waals surface area contributed by atoms with E-state index in [0.29, 0.717) is 5.56 Å². The van der Waals surface area contributed by atoms with E-state index in [9.17, 15) is 4.79 Å². The lowest BCUT2D eigenvalue weighted by atomic mass is 10.1. The Balaban J connectivity index is 2.29. The molecular formula is C16H18N2OSi. The molecule has 0 fully saturated rings. The summed E-state index contributed by atoms with van der Waals surface area (Å²) in [7, 11) is -1.13. The van der Waals surface area contributed by atoms with Crippen LogP contribution in [0.1, 0.15) is 15.9 Å². The van der Waals surface area contributed by atoms with E-state index in [2.05, 4.69) is 35.0 Å². The summed E-state index contributed by atoms with van der Waals surface area (Å²) in [5, 5.41) is 4.58. The molecule has 0 aliphatic carbocycles. The first-order valence-electron chi connectivity index (χ1n) is 6.65. The first-order chi connectivity index (χ1) is 9.72. The monoisotopic (exact) mass is 282 g/mol. The molecule has 0 aliphatic rings. The Morgan fingerprint density at radius 1 is 0.950 bits per heavy atom. The van der Waals surface area contributed by atoms with E-state index in [1.54, 1.807) is 12.3 Å². The molecule has 20 heavy (non-hydrogen) atoms. The van der Waals surface area contributed by atoms with Gasteiger partial charge in [-0.05, 0) is 12.1 Å². The standard InChI is InChI=1S/C16H18N2OSi/c1-20(2)18(16-10-4-3-5-11-16)17-12-14-8-6-7-9-15(14)13-19/h3-13,20H,1-2H3. The van der Waals surface area contributed by atoms with Crippen molar-refractivity contribution in [2.45, 2.75) is 13.1 Å². The summed E-state index contributed by atoms with van der Waals surface area (Å²) in [6, 6.07) is 17.6. The van der Waals surface area contributed by atoms with Gasteiger partial charge in [-0.2, -0.15) is 5.10 Å². The van der Waals surface area contributed by atoms with Crippen molar-refractivity contribution in [3.8, 4) is 0 Å². The van der Waals surface area contributed by atoms with Gasteiger partial charge in [0.05, 0.1) is 6.21 Å². The van der Waals surface area contributed by atoms with Gasteiger partial charge in [-0.3, -0.25) is 9.47 Å². The summed E-state index contributed by atoms with van der Waals surface area (Å²) < 4.78 is 2.07. The van der Waals surface area contributed by atoms with Crippen molar-refractivity contribution in [3.05, 3.63) is 65.7 Å². The molecule has 0 atom stereocenters. The number of carbonyl (C=O) groups is 1. The molecular weight excluding hydrogens is 264 g/mol. The highest BCUT2D eigenvalue weighted by Crippen LogP contribution is 2.15.